The Hall–Kier alpha value is -1.59. The third-order valence-corrected chi connectivity index (χ3v) is 2.62. The van der Waals surface area contributed by atoms with Gasteiger partial charge in [-0.3, -0.25) is 14.9 Å². The van der Waals surface area contributed by atoms with Crippen LogP contribution in [0.25, 0.3) is 0 Å². The van der Waals surface area contributed by atoms with E-state index >= 15 is 0 Å². The van der Waals surface area contributed by atoms with Gasteiger partial charge < -0.3 is 10.0 Å². The summed E-state index contributed by atoms with van der Waals surface area (Å²) in [5, 5.41) is 10.6. The molecule has 17 heavy (non-hydrogen) atoms. The van der Waals surface area contributed by atoms with E-state index in [1.807, 2.05) is 13.8 Å². The van der Waals surface area contributed by atoms with Gasteiger partial charge in [0.2, 0.25) is 5.91 Å². The van der Waals surface area contributed by atoms with Crippen molar-refractivity contribution in [2.24, 2.45) is 0 Å². The highest BCUT2D eigenvalue weighted by Gasteiger charge is 2.18. The molecule has 2 N–H and O–H groups in total. The predicted octanol–water partition coefficient (Wildman–Crippen LogP) is 1.21. The number of urea groups is 1. The number of amides is 3. The first-order valence-corrected chi connectivity index (χ1v) is 5.70. The van der Waals surface area contributed by atoms with Crippen LogP contribution in [0.3, 0.4) is 0 Å². The molecule has 6 heteroatoms. The van der Waals surface area contributed by atoms with Gasteiger partial charge in [-0.05, 0) is 12.8 Å². The van der Waals surface area contributed by atoms with Gasteiger partial charge in [0, 0.05) is 19.5 Å². The lowest BCUT2D eigenvalue weighted by Gasteiger charge is -2.25. The first kappa shape index (κ1) is 15.4. The van der Waals surface area contributed by atoms with Crippen LogP contribution in [0.4, 0.5) is 4.79 Å². The van der Waals surface area contributed by atoms with E-state index in [-0.39, 0.29) is 18.9 Å². The molecule has 0 saturated heterocycles. The lowest BCUT2D eigenvalue weighted by Crippen LogP contribution is -2.45. The van der Waals surface area contributed by atoms with Crippen LogP contribution in [-0.2, 0) is 9.59 Å². The standard InChI is InChI=1S/C11H20N2O4/c1-4-8(5-2)13(3)11(17)12-9(14)6-7-10(15)16/h8H,4-7H2,1-3H3,(H,15,16)(H,12,14,17). The molecule has 0 aromatic heterocycles. The van der Waals surface area contributed by atoms with Gasteiger partial charge in [0.15, 0.2) is 0 Å². The van der Waals surface area contributed by atoms with Gasteiger partial charge in [-0.15, -0.1) is 0 Å². The van der Waals surface area contributed by atoms with E-state index in [9.17, 15) is 14.4 Å². The molecule has 0 saturated carbocycles. The maximum absolute atomic E-state index is 11.6. The highest BCUT2D eigenvalue weighted by atomic mass is 16.4. The number of carboxylic acid groups (broad SMARTS) is 1. The molecule has 6 nitrogen and oxygen atoms in total. The molecule has 0 aliphatic carbocycles. The van der Waals surface area contributed by atoms with Crippen LogP contribution in [0, 0.1) is 0 Å². The predicted molar refractivity (Wildman–Crippen MR) is 62.5 cm³/mol. The number of aliphatic carboxylic acids is 1. The average molecular weight is 244 g/mol. The van der Waals surface area contributed by atoms with Crippen LogP contribution in [-0.4, -0.2) is 41.0 Å². The SMILES string of the molecule is CCC(CC)N(C)C(=O)NC(=O)CCC(=O)O. The number of nitrogens with zero attached hydrogens (tertiary/aromatic N) is 1. The van der Waals surface area contributed by atoms with Crippen LogP contribution < -0.4 is 5.32 Å². The highest BCUT2D eigenvalue weighted by Crippen LogP contribution is 2.05. The summed E-state index contributed by atoms with van der Waals surface area (Å²) < 4.78 is 0. The van der Waals surface area contributed by atoms with Gasteiger partial charge in [-0.1, -0.05) is 13.8 Å². The average Bonchev–Trinajstić information content (AvgIpc) is 2.27. The first-order valence-electron chi connectivity index (χ1n) is 5.70. The quantitative estimate of drug-likeness (QED) is 0.735. The molecule has 0 aliphatic heterocycles. The fourth-order valence-electron chi connectivity index (χ4n) is 1.49. The fraction of sp³-hybridized carbons (Fsp3) is 0.727. The van der Waals surface area contributed by atoms with Crippen molar-refractivity contribution in [2.75, 3.05) is 7.05 Å². The zero-order valence-electron chi connectivity index (χ0n) is 10.5. The number of imide groups is 1. The smallest absolute Gasteiger partial charge is 0.324 e. The Balaban J connectivity index is 4.15. The largest absolute Gasteiger partial charge is 0.481 e. The Bertz CT molecular complexity index is 287. The number of carbonyl (C=O) groups excluding carboxylic acids is 2. The number of hydrogen-bond acceptors (Lipinski definition) is 3. The molecule has 3 amide bonds. The van der Waals surface area contributed by atoms with E-state index in [4.69, 9.17) is 5.11 Å². The number of carboxylic acids is 1. The number of rotatable bonds is 6. The molecular weight excluding hydrogens is 224 g/mol. The molecule has 0 fully saturated rings. The minimum Gasteiger partial charge on any atom is -0.481 e. The maximum atomic E-state index is 11.6. The zero-order chi connectivity index (χ0) is 13.4. The second kappa shape index (κ2) is 7.65. The third-order valence-electron chi connectivity index (χ3n) is 2.62. The van der Waals surface area contributed by atoms with Gasteiger partial charge in [-0.25, -0.2) is 4.79 Å². The Morgan fingerprint density at radius 3 is 2.12 bits per heavy atom. The maximum Gasteiger partial charge on any atom is 0.324 e. The van der Waals surface area contributed by atoms with Crippen LogP contribution in [0.15, 0.2) is 0 Å². The molecule has 98 valence electrons. The Morgan fingerprint density at radius 1 is 1.18 bits per heavy atom. The van der Waals surface area contributed by atoms with E-state index in [0.29, 0.717) is 0 Å². The number of nitrogens with one attached hydrogen (secondary N) is 1. The van der Waals surface area contributed by atoms with E-state index < -0.39 is 17.9 Å². The third kappa shape index (κ3) is 5.89. The molecule has 0 aliphatic rings. The van der Waals surface area contributed by atoms with E-state index in [2.05, 4.69) is 5.32 Å². The summed E-state index contributed by atoms with van der Waals surface area (Å²) in [6, 6.07) is -0.392. The topological polar surface area (TPSA) is 86.7 Å². The van der Waals surface area contributed by atoms with Gasteiger partial charge in [0.05, 0.1) is 6.42 Å². The molecule has 0 aromatic carbocycles. The van der Waals surface area contributed by atoms with Gasteiger partial charge in [-0.2, -0.15) is 0 Å². The molecule has 0 radical (unpaired) electrons. The second-order valence-corrected chi connectivity index (χ2v) is 3.83. The Labute approximate surface area is 101 Å². The lowest BCUT2D eigenvalue weighted by molar-refractivity contribution is -0.138. The normalized spacial score (nSPS) is 10.1. The van der Waals surface area contributed by atoms with Gasteiger partial charge in [0.25, 0.3) is 0 Å². The molecular formula is C11H20N2O4. The van der Waals surface area contributed by atoms with Gasteiger partial charge >= 0.3 is 12.0 Å². The Morgan fingerprint density at radius 2 is 1.71 bits per heavy atom. The van der Waals surface area contributed by atoms with Crippen molar-refractivity contribution < 1.29 is 19.5 Å². The zero-order valence-corrected chi connectivity index (χ0v) is 10.5. The monoisotopic (exact) mass is 244 g/mol. The summed E-state index contributed by atoms with van der Waals surface area (Å²) in [5.74, 6) is -1.61. The molecule has 0 atom stereocenters. The summed E-state index contributed by atoms with van der Waals surface area (Å²) >= 11 is 0. The van der Waals surface area contributed by atoms with Crippen LogP contribution in [0.1, 0.15) is 39.5 Å². The van der Waals surface area contributed by atoms with Crippen molar-refractivity contribution in [3.8, 4) is 0 Å². The summed E-state index contributed by atoms with van der Waals surface area (Å²) in [7, 11) is 1.62. The van der Waals surface area contributed by atoms with Crippen LogP contribution in [0.2, 0.25) is 0 Å². The van der Waals surface area contributed by atoms with Crippen molar-refractivity contribution in [1.82, 2.24) is 10.2 Å². The fourth-order valence-corrected chi connectivity index (χ4v) is 1.49. The molecule has 0 spiro atoms. The van der Waals surface area contributed by atoms with Crippen LogP contribution in [0.5, 0.6) is 0 Å². The van der Waals surface area contributed by atoms with E-state index in [1.54, 1.807) is 7.05 Å². The van der Waals surface area contributed by atoms with Crippen molar-refractivity contribution in [3.63, 3.8) is 0 Å². The Kier molecular flexibility index (Phi) is 6.93. The summed E-state index contributed by atoms with van der Waals surface area (Å²) in [4.78, 5) is 34.6. The summed E-state index contributed by atoms with van der Waals surface area (Å²) in [5.41, 5.74) is 0. The molecule has 0 aromatic rings. The second-order valence-electron chi connectivity index (χ2n) is 3.83. The van der Waals surface area contributed by atoms with Crippen molar-refractivity contribution in [1.29, 1.82) is 0 Å². The van der Waals surface area contributed by atoms with Crippen LogP contribution >= 0.6 is 0 Å². The van der Waals surface area contributed by atoms with E-state index in [0.717, 1.165) is 12.8 Å². The summed E-state index contributed by atoms with van der Waals surface area (Å²) in [6.07, 6.45) is 1.17. The number of carbonyl (C=O) groups is 3. The minimum absolute atomic E-state index is 0.0854. The molecule has 0 heterocycles. The molecule has 0 bridgehead atoms. The minimum atomic E-state index is -1.05. The highest BCUT2D eigenvalue weighted by molar-refractivity contribution is 5.95. The molecule has 0 rings (SSSR count). The first-order chi connectivity index (χ1) is 7.92. The molecule has 0 unspecified atom stereocenters. The van der Waals surface area contributed by atoms with Crippen molar-refractivity contribution >= 4 is 17.9 Å². The van der Waals surface area contributed by atoms with Gasteiger partial charge in [0.1, 0.15) is 0 Å². The number of hydrogen-bond donors (Lipinski definition) is 2. The lowest BCUT2D eigenvalue weighted by atomic mass is 10.1. The van der Waals surface area contributed by atoms with Crippen molar-refractivity contribution in [2.45, 2.75) is 45.6 Å². The van der Waals surface area contributed by atoms with Crippen molar-refractivity contribution in [3.05, 3.63) is 0 Å². The summed E-state index contributed by atoms with van der Waals surface area (Å²) in [6.45, 7) is 3.92. The van der Waals surface area contributed by atoms with E-state index in [1.165, 1.54) is 4.90 Å².